The molecular formula is C29H32F2N4O5. The van der Waals surface area contributed by atoms with E-state index in [9.17, 15) is 23.9 Å². The summed E-state index contributed by atoms with van der Waals surface area (Å²) in [6, 6.07) is 5.35. The highest BCUT2D eigenvalue weighted by molar-refractivity contribution is 5.99. The van der Waals surface area contributed by atoms with Crippen LogP contribution in [0.25, 0.3) is 11.1 Å². The summed E-state index contributed by atoms with van der Waals surface area (Å²) in [4.78, 5) is 46.1. The van der Waals surface area contributed by atoms with Crippen LogP contribution in [0, 0.1) is 32.4 Å². The number of carbonyl (C=O) groups excluding carboxylic acids is 2. The molecule has 0 aliphatic heterocycles. The van der Waals surface area contributed by atoms with Gasteiger partial charge in [-0.3, -0.25) is 14.4 Å². The number of nitrogens with one attached hydrogen (secondary N) is 2. The molecule has 11 heteroatoms. The standard InChI is InChI=1S/C29H32F2N4O5/c1-6-8-22(34-27(38)20-14-32-17(4)33-29(20)40-5)28(39)35-23(13-24(36)37)19-11-18(12-21(30)26(19)31)25-15(2)9-7-10-16(25)3/h7,9-12,14,22-23H,6,8,13H2,1-5H3,(H,34,38)(H,35,39)(H,36,37)/t22-,23-/m0/s1. The number of aliphatic carboxylic acids is 1. The minimum atomic E-state index is -1.42. The Morgan fingerprint density at radius 3 is 2.35 bits per heavy atom. The molecule has 9 nitrogen and oxygen atoms in total. The summed E-state index contributed by atoms with van der Waals surface area (Å²) in [5, 5.41) is 14.7. The molecule has 1 heterocycles. The fourth-order valence-corrected chi connectivity index (χ4v) is 4.52. The molecule has 0 radical (unpaired) electrons. The van der Waals surface area contributed by atoms with Gasteiger partial charge in [0.2, 0.25) is 11.8 Å². The van der Waals surface area contributed by atoms with Crippen molar-refractivity contribution in [3.8, 4) is 17.0 Å². The molecule has 0 fully saturated rings. The number of hydrogen-bond donors (Lipinski definition) is 3. The number of nitrogens with zero attached hydrogens (tertiary/aromatic N) is 2. The Kier molecular flexibility index (Phi) is 9.87. The maximum Gasteiger partial charge on any atom is 0.305 e. The Morgan fingerprint density at radius 1 is 1.07 bits per heavy atom. The van der Waals surface area contributed by atoms with Crippen LogP contribution in [0.2, 0.25) is 0 Å². The van der Waals surface area contributed by atoms with Crippen LogP contribution in [0.5, 0.6) is 5.88 Å². The fraction of sp³-hybridized carbons (Fsp3) is 0.345. The third kappa shape index (κ3) is 6.96. The van der Waals surface area contributed by atoms with E-state index in [1.54, 1.807) is 13.8 Å². The number of methoxy groups -OCH3 is 1. The lowest BCUT2D eigenvalue weighted by atomic mass is 9.92. The highest BCUT2D eigenvalue weighted by Gasteiger charge is 2.29. The first-order valence-electron chi connectivity index (χ1n) is 12.7. The number of hydrogen-bond acceptors (Lipinski definition) is 6. The molecule has 3 N–H and O–H groups in total. The van der Waals surface area contributed by atoms with Gasteiger partial charge in [-0.25, -0.2) is 13.8 Å². The number of aryl methyl sites for hydroxylation is 3. The number of rotatable bonds is 11. The third-order valence-corrected chi connectivity index (χ3v) is 6.41. The number of carboxylic acid groups (broad SMARTS) is 1. The minimum Gasteiger partial charge on any atom is -0.481 e. The highest BCUT2D eigenvalue weighted by atomic mass is 19.2. The van der Waals surface area contributed by atoms with Crippen molar-refractivity contribution in [2.45, 2.75) is 59.0 Å². The SMILES string of the molecule is CCC[C@H](NC(=O)c1cnc(C)nc1OC)C(=O)N[C@@H](CC(=O)O)c1cc(-c2c(C)cccc2C)cc(F)c1F. The number of benzene rings is 2. The van der Waals surface area contributed by atoms with Gasteiger partial charge in [0.15, 0.2) is 11.6 Å². The van der Waals surface area contributed by atoms with Gasteiger partial charge in [0, 0.05) is 11.8 Å². The quantitative estimate of drug-likeness (QED) is 0.316. The van der Waals surface area contributed by atoms with Crippen molar-refractivity contribution in [2.75, 3.05) is 7.11 Å². The number of aromatic nitrogens is 2. The zero-order chi connectivity index (χ0) is 29.6. The highest BCUT2D eigenvalue weighted by Crippen LogP contribution is 2.33. The van der Waals surface area contributed by atoms with Crippen molar-refractivity contribution in [1.29, 1.82) is 0 Å². The van der Waals surface area contributed by atoms with Gasteiger partial charge in [0.1, 0.15) is 17.4 Å². The lowest BCUT2D eigenvalue weighted by Crippen LogP contribution is -2.48. The molecule has 0 saturated carbocycles. The number of carboxylic acids is 1. The van der Waals surface area contributed by atoms with Crippen molar-refractivity contribution in [1.82, 2.24) is 20.6 Å². The van der Waals surface area contributed by atoms with Crippen molar-refractivity contribution in [3.05, 3.63) is 76.2 Å². The van der Waals surface area contributed by atoms with Crippen molar-refractivity contribution in [3.63, 3.8) is 0 Å². The molecule has 3 aromatic rings. The first-order valence-corrected chi connectivity index (χ1v) is 12.7. The van der Waals surface area contributed by atoms with E-state index in [1.165, 1.54) is 19.4 Å². The predicted molar refractivity (Wildman–Crippen MR) is 144 cm³/mol. The third-order valence-electron chi connectivity index (χ3n) is 6.41. The van der Waals surface area contributed by atoms with Crippen molar-refractivity contribution in [2.24, 2.45) is 0 Å². The lowest BCUT2D eigenvalue weighted by Gasteiger charge is -2.24. The zero-order valence-electron chi connectivity index (χ0n) is 23.0. The molecule has 0 unspecified atom stereocenters. The second-order valence-electron chi connectivity index (χ2n) is 9.44. The Bertz CT molecular complexity index is 1410. The van der Waals surface area contributed by atoms with E-state index in [0.717, 1.165) is 17.2 Å². The van der Waals surface area contributed by atoms with Crippen LogP contribution >= 0.6 is 0 Å². The first kappa shape index (κ1) is 30.1. The van der Waals surface area contributed by atoms with Crippen LogP contribution in [-0.4, -0.2) is 46.0 Å². The van der Waals surface area contributed by atoms with Gasteiger partial charge in [-0.15, -0.1) is 0 Å². The summed E-state index contributed by atoms with van der Waals surface area (Å²) in [5.74, 6) is -4.82. The summed E-state index contributed by atoms with van der Waals surface area (Å²) in [5.41, 5.74) is 2.34. The van der Waals surface area contributed by atoms with Gasteiger partial charge >= 0.3 is 5.97 Å². The Hall–Kier alpha value is -4.41. The minimum absolute atomic E-state index is 0.00138. The van der Waals surface area contributed by atoms with E-state index in [4.69, 9.17) is 4.74 Å². The van der Waals surface area contributed by atoms with Crippen LogP contribution in [0.4, 0.5) is 8.78 Å². The summed E-state index contributed by atoms with van der Waals surface area (Å²) >= 11 is 0. The molecular weight excluding hydrogens is 522 g/mol. The molecule has 0 aliphatic rings. The summed E-state index contributed by atoms with van der Waals surface area (Å²) in [7, 11) is 1.34. The topological polar surface area (TPSA) is 131 Å². The van der Waals surface area contributed by atoms with Crippen LogP contribution < -0.4 is 15.4 Å². The Morgan fingerprint density at radius 2 is 1.75 bits per heavy atom. The second-order valence-corrected chi connectivity index (χ2v) is 9.44. The lowest BCUT2D eigenvalue weighted by molar-refractivity contribution is -0.137. The van der Waals surface area contributed by atoms with Crippen molar-refractivity contribution >= 4 is 17.8 Å². The molecule has 0 saturated heterocycles. The monoisotopic (exact) mass is 554 g/mol. The molecule has 2 aromatic carbocycles. The van der Waals surface area contributed by atoms with Gasteiger partial charge < -0.3 is 20.5 Å². The Balaban J connectivity index is 1.96. The van der Waals surface area contributed by atoms with E-state index in [2.05, 4.69) is 20.6 Å². The zero-order valence-corrected chi connectivity index (χ0v) is 23.0. The van der Waals surface area contributed by atoms with Crippen LogP contribution in [0.15, 0.2) is 36.5 Å². The molecule has 1 aromatic heterocycles. The first-order chi connectivity index (χ1) is 19.0. The smallest absolute Gasteiger partial charge is 0.305 e. The number of halogens is 2. The number of amides is 2. The predicted octanol–water partition coefficient (Wildman–Crippen LogP) is 4.59. The fourth-order valence-electron chi connectivity index (χ4n) is 4.52. The van der Waals surface area contributed by atoms with E-state index < -0.39 is 47.9 Å². The average Bonchev–Trinajstić information content (AvgIpc) is 2.89. The maximum absolute atomic E-state index is 15.1. The number of carbonyl (C=O) groups is 3. The summed E-state index contributed by atoms with van der Waals surface area (Å²) in [6.07, 6.45) is 1.22. The Labute approximate surface area is 231 Å². The summed E-state index contributed by atoms with van der Waals surface area (Å²) < 4.78 is 35.1. The molecule has 0 aliphatic carbocycles. The van der Waals surface area contributed by atoms with E-state index >= 15 is 4.39 Å². The van der Waals surface area contributed by atoms with E-state index in [-0.39, 0.29) is 23.4 Å². The normalized spacial score (nSPS) is 12.4. The molecule has 3 rings (SSSR count). The van der Waals surface area contributed by atoms with E-state index in [1.807, 2.05) is 32.0 Å². The molecule has 0 bridgehead atoms. The van der Waals surface area contributed by atoms with Crippen molar-refractivity contribution < 1.29 is 33.0 Å². The van der Waals surface area contributed by atoms with E-state index in [0.29, 0.717) is 23.4 Å². The van der Waals surface area contributed by atoms with Crippen LogP contribution in [0.3, 0.4) is 0 Å². The molecule has 2 amide bonds. The molecule has 212 valence electrons. The van der Waals surface area contributed by atoms with Gasteiger partial charge in [-0.05, 0) is 61.6 Å². The summed E-state index contributed by atoms with van der Waals surface area (Å²) in [6.45, 7) is 7.06. The van der Waals surface area contributed by atoms with Crippen LogP contribution in [0.1, 0.15) is 65.1 Å². The van der Waals surface area contributed by atoms with Gasteiger partial charge in [0.05, 0.1) is 19.6 Å². The van der Waals surface area contributed by atoms with Gasteiger partial charge in [-0.1, -0.05) is 31.5 Å². The molecule has 2 atom stereocenters. The number of ether oxygens (including phenoxy) is 1. The average molecular weight is 555 g/mol. The van der Waals surface area contributed by atoms with Gasteiger partial charge in [-0.2, -0.15) is 4.98 Å². The largest absolute Gasteiger partial charge is 0.481 e. The maximum atomic E-state index is 15.1. The van der Waals surface area contributed by atoms with Gasteiger partial charge in [0.25, 0.3) is 5.91 Å². The van der Waals surface area contributed by atoms with Crippen LogP contribution in [-0.2, 0) is 9.59 Å². The molecule has 40 heavy (non-hydrogen) atoms. The molecule has 0 spiro atoms. The second kappa shape index (κ2) is 13.1.